The summed E-state index contributed by atoms with van der Waals surface area (Å²) in [6, 6.07) is 0. The van der Waals surface area contributed by atoms with Gasteiger partial charge in [0.25, 0.3) is 0 Å². The molecule has 1 aliphatic heterocycles. The average Bonchev–Trinajstić information content (AvgIpc) is 2.05. The summed E-state index contributed by atoms with van der Waals surface area (Å²) in [5.74, 6) is 0. The lowest BCUT2D eigenvalue weighted by atomic mass is 9.64. The molecule has 0 unspecified atom stereocenters. The molecule has 0 N–H and O–H groups in total. The van der Waals surface area contributed by atoms with Gasteiger partial charge in [0.05, 0.1) is 0 Å². The Kier molecular flexibility index (Phi) is 4.07. The molecule has 1 aliphatic carbocycles. The fraction of sp³-hybridized carbons (Fsp3) is 1.00. The minimum atomic E-state index is 0.776. The monoisotopic (exact) mass is 170 g/mol. The molecule has 2 fully saturated rings. The molecule has 0 radical (unpaired) electrons. The maximum atomic E-state index is 5.30. The average molecular weight is 170 g/mol. The van der Waals surface area contributed by atoms with Crippen LogP contribution in [0.3, 0.4) is 0 Å². The molecular formula is C11H22O. The van der Waals surface area contributed by atoms with E-state index >= 15 is 0 Å². The molecule has 1 heteroatoms. The second-order valence-electron chi connectivity index (χ2n) is 4.17. The molecule has 1 saturated carbocycles. The van der Waals surface area contributed by atoms with Crippen molar-refractivity contribution in [3.05, 3.63) is 0 Å². The summed E-state index contributed by atoms with van der Waals surface area (Å²) in [5, 5.41) is 0. The molecule has 0 aromatic heterocycles. The largest absolute Gasteiger partial charge is 0.381 e. The molecule has 1 heterocycles. The van der Waals surface area contributed by atoms with Crippen LogP contribution in [0.4, 0.5) is 0 Å². The van der Waals surface area contributed by atoms with Crippen molar-refractivity contribution in [1.82, 2.24) is 0 Å². The van der Waals surface area contributed by atoms with Gasteiger partial charge in [-0.05, 0) is 31.1 Å². The van der Waals surface area contributed by atoms with E-state index in [1.54, 1.807) is 0 Å². The van der Waals surface area contributed by atoms with Crippen molar-refractivity contribution in [2.75, 3.05) is 13.2 Å². The van der Waals surface area contributed by atoms with Crippen LogP contribution in [0.5, 0.6) is 0 Å². The highest BCUT2D eigenvalue weighted by molar-refractivity contribution is 4.88. The van der Waals surface area contributed by atoms with Crippen LogP contribution < -0.4 is 0 Å². The second kappa shape index (κ2) is 4.86. The lowest BCUT2D eigenvalue weighted by Crippen LogP contribution is -2.35. The molecule has 72 valence electrons. The highest BCUT2D eigenvalue weighted by atomic mass is 16.5. The van der Waals surface area contributed by atoms with Gasteiger partial charge in [-0.3, -0.25) is 0 Å². The van der Waals surface area contributed by atoms with Crippen LogP contribution in [-0.2, 0) is 4.74 Å². The van der Waals surface area contributed by atoms with Crippen LogP contribution >= 0.6 is 0 Å². The van der Waals surface area contributed by atoms with E-state index in [1.807, 2.05) is 0 Å². The van der Waals surface area contributed by atoms with E-state index in [1.165, 1.54) is 38.5 Å². The highest BCUT2D eigenvalue weighted by Crippen LogP contribution is 2.48. The van der Waals surface area contributed by atoms with Crippen molar-refractivity contribution in [3.8, 4) is 0 Å². The van der Waals surface area contributed by atoms with Crippen molar-refractivity contribution in [1.29, 1.82) is 0 Å². The lowest BCUT2D eigenvalue weighted by molar-refractivity contribution is -0.0283. The minimum Gasteiger partial charge on any atom is -0.381 e. The van der Waals surface area contributed by atoms with E-state index in [-0.39, 0.29) is 0 Å². The third-order valence-corrected chi connectivity index (χ3v) is 2.97. The molecule has 0 aromatic rings. The van der Waals surface area contributed by atoms with Crippen LogP contribution in [0.25, 0.3) is 0 Å². The predicted molar refractivity (Wildman–Crippen MR) is 52.3 cm³/mol. The molecule has 0 aromatic carbocycles. The van der Waals surface area contributed by atoms with Crippen LogP contribution in [-0.4, -0.2) is 13.2 Å². The first-order chi connectivity index (χ1) is 5.83. The molecular weight excluding hydrogens is 148 g/mol. The SMILES string of the molecule is C1CC2(C1)CCOCC2.CCC. The van der Waals surface area contributed by atoms with Gasteiger partial charge in [-0.25, -0.2) is 0 Å². The summed E-state index contributed by atoms with van der Waals surface area (Å²) in [6.45, 7) is 6.31. The van der Waals surface area contributed by atoms with E-state index in [4.69, 9.17) is 4.74 Å². The Morgan fingerprint density at radius 3 is 1.75 bits per heavy atom. The molecule has 2 aliphatic rings. The number of rotatable bonds is 0. The Morgan fingerprint density at radius 1 is 1.00 bits per heavy atom. The van der Waals surface area contributed by atoms with E-state index in [0.717, 1.165) is 18.6 Å². The maximum absolute atomic E-state index is 5.30. The van der Waals surface area contributed by atoms with E-state index in [9.17, 15) is 0 Å². The zero-order chi connectivity index (χ0) is 8.86. The fourth-order valence-corrected chi connectivity index (χ4v) is 1.98. The van der Waals surface area contributed by atoms with Crippen LogP contribution in [0.1, 0.15) is 52.4 Å². The Hall–Kier alpha value is -0.0400. The molecule has 12 heavy (non-hydrogen) atoms. The molecule has 1 saturated heterocycles. The van der Waals surface area contributed by atoms with Crippen molar-refractivity contribution in [3.63, 3.8) is 0 Å². The van der Waals surface area contributed by atoms with Crippen molar-refractivity contribution < 1.29 is 4.74 Å². The minimum absolute atomic E-state index is 0.776. The summed E-state index contributed by atoms with van der Waals surface area (Å²) < 4.78 is 5.30. The predicted octanol–water partition coefficient (Wildman–Crippen LogP) is 3.38. The van der Waals surface area contributed by atoms with Gasteiger partial charge in [0, 0.05) is 13.2 Å². The third kappa shape index (κ3) is 2.48. The van der Waals surface area contributed by atoms with E-state index in [2.05, 4.69) is 13.8 Å². The fourth-order valence-electron chi connectivity index (χ4n) is 1.98. The highest BCUT2D eigenvalue weighted by Gasteiger charge is 2.37. The van der Waals surface area contributed by atoms with Gasteiger partial charge < -0.3 is 4.74 Å². The van der Waals surface area contributed by atoms with Gasteiger partial charge in [-0.1, -0.05) is 26.7 Å². The standard InChI is InChI=1S/C8H14O.C3H8/c1-2-8(3-1)4-6-9-7-5-8;1-3-2/h1-7H2;3H2,1-2H3. The van der Waals surface area contributed by atoms with Gasteiger partial charge in [-0.2, -0.15) is 0 Å². The molecule has 0 bridgehead atoms. The van der Waals surface area contributed by atoms with Gasteiger partial charge in [0.15, 0.2) is 0 Å². The first kappa shape index (κ1) is 10.0. The molecule has 0 amide bonds. The van der Waals surface area contributed by atoms with Crippen LogP contribution in [0.15, 0.2) is 0 Å². The summed E-state index contributed by atoms with van der Waals surface area (Å²) in [6.07, 6.45) is 8.37. The van der Waals surface area contributed by atoms with Crippen molar-refractivity contribution in [2.24, 2.45) is 5.41 Å². The molecule has 1 spiro atoms. The van der Waals surface area contributed by atoms with Gasteiger partial charge in [-0.15, -0.1) is 0 Å². The topological polar surface area (TPSA) is 9.23 Å². The summed E-state index contributed by atoms with van der Waals surface area (Å²) in [4.78, 5) is 0. The van der Waals surface area contributed by atoms with Crippen LogP contribution in [0.2, 0.25) is 0 Å². The Morgan fingerprint density at radius 2 is 1.50 bits per heavy atom. The van der Waals surface area contributed by atoms with Crippen LogP contribution in [0, 0.1) is 5.41 Å². The zero-order valence-corrected chi connectivity index (χ0v) is 8.57. The number of hydrogen-bond donors (Lipinski definition) is 0. The summed E-state index contributed by atoms with van der Waals surface area (Å²) in [5.41, 5.74) is 0.776. The first-order valence-electron chi connectivity index (χ1n) is 5.41. The van der Waals surface area contributed by atoms with Gasteiger partial charge in [0.2, 0.25) is 0 Å². The second-order valence-corrected chi connectivity index (χ2v) is 4.17. The molecule has 2 rings (SSSR count). The van der Waals surface area contributed by atoms with E-state index < -0.39 is 0 Å². The molecule has 1 nitrogen and oxygen atoms in total. The summed E-state index contributed by atoms with van der Waals surface area (Å²) in [7, 11) is 0. The Labute approximate surface area is 76.5 Å². The number of hydrogen-bond acceptors (Lipinski definition) is 1. The van der Waals surface area contributed by atoms with E-state index in [0.29, 0.717) is 0 Å². The normalized spacial score (nSPS) is 25.5. The Bertz CT molecular complexity index is 108. The van der Waals surface area contributed by atoms with Gasteiger partial charge in [0.1, 0.15) is 0 Å². The quantitative estimate of drug-likeness (QED) is 0.541. The Balaban J connectivity index is 0.000000213. The van der Waals surface area contributed by atoms with Crippen molar-refractivity contribution in [2.45, 2.75) is 52.4 Å². The maximum Gasteiger partial charge on any atom is 0.0471 e. The zero-order valence-electron chi connectivity index (χ0n) is 8.57. The lowest BCUT2D eigenvalue weighted by Gasteiger charge is -2.44. The smallest absolute Gasteiger partial charge is 0.0471 e. The number of ether oxygens (including phenoxy) is 1. The molecule has 0 atom stereocenters. The van der Waals surface area contributed by atoms with Gasteiger partial charge >= 0.3 is 0 Å². The summed E-state index contributed by atoms with van der Waals surface area (Å²) >= 11 is 0. The third-order valence-electron chi connectivity index (χ3n) is 2.97. The first-order valence-corrected chi connectivity index (χ1v) is 5.41. The van der Waals surface area contributed by atoms with Crippen molar-refractivity contribution >= 4 is 0 Å².